The molecule has 0 saturated heterocycles. The predicted octanol–water partition coefficient (Wildman–Crippen LogP) is 6.27. The number of benzene rings is 2. The molecule has 188 valence electrons. The smallest absolute Gasteiger partial charge is 0.503 e. The number of aromatic nitrogens is 1. The summed E-state index contributed by atoms with van der Waals surface area (Å²) in [5, 5.41) is 19.3. The summed E-state index contributed by atoms with van der Waals surface area (Å²) in [6.45, 7) is 3.27. The van der Waals surface area contributed by atoms with Crippen LogP contribution >= 0.6 is 0 Å². The van der Waals surface area contributed by atoms with Gasteiger partial charge in [0.05, 0.1) is 11.4 Å². The lowest BCUT2D eigenvalue weighted by atomic mass is 9.90. The van der Waals surface area contributed by atoms with Gasteiger partial charge in [-0.25, -0.2) is 8.78 Å². The first-order chi connectivity index (χ1) is 16.4. The van der Waals surface area contributed by atoms with Gasteiger partial charge in [0.15, 0.2) is 17.4 Å². The van der Waals surface area contributed by atoms with Gasteiger partial charge >= 0.3 is 12.3 Å². The van der Waals surface area contributed by atoms with Crippen LogP contribution in [0, 0.1) is 18.6 Å². The summed E-state index contributed by atoms with van der Waals surface area (Å²) in [5.74, 6) is -8.05. The Morgan fingerprint density at radius 1 is 1.11 bits per heavy atom. The highest BCUT2D eigenvalue weighted by Gasteiger charge is 2.33. The van der Waals surface area contributed by atoms with Crippen LogP contribution in [0.5, 0.6) is 11.5 Å². The number of phenolic OH excluding ortho intramolecular Hbond substituents is 1. The minimum Gasteiger partial charge on any atom is -0.503 e. The molecular weight excluding hydrogens is 477 g/mol. The fraction of sp³-hybridized carbons (Fsp3) is 0.333. The number of carbonyl (C=O) groups is 2. The van der Waals surface area contributed by atoms with E-state index in [9.17, 15) is 37.4 Å². The van der Waals surface area contributed by atoms with Gasteiger partial charge in [0, 0.05) is 22.7 Å². The molecule has 6 nitrogen and oxygen atoms in total. The van der Waals surface area contributed by atoms with E-state index in [1.54, 1.807) is 0 Å². The number of nitrogens with zero attached hydrogens (tertiary/aromatic N) is 1. The summed E-state index contributed by atoms with van der Waals surface area (Å²) in [6, 6.07) is 4.60. The Balaban J connectivity index is 2.20. The molecule has 1 unspecified atom stereocenters. The highest BCUT2D eigenvalue weighted by Crippen LogP contribution is 2.40. The molecular formula is C24H22F5NO5. The Morgan fingerprint density at radius 2 is 1.74 bits per heavy atom. The summed E-state index contributed by atoms with van der Waals surface area (Å²) in [4.78, 5) is 25.4. The lowest BCUT2D eigenvalue weighted by molar-refractivity contribution is -0.274. The SMILES string of the molecule is CCCCCC(C(=O)O)c1c(C)n(C(=O)c2ccc(OC(F)(F)F)cc2)c2cc(F)c(O)c(F)c12. The summed E-state index contributed by atoms with van der Waals surface area (Å²) >= 11 is 0. The Hall–Kier alpha value is -3.63. The fourth-order valence-electron chi connectivity index (χ4n) is 4.12. The van der Waals surface area contributed by atoms with Gasteiger partial charge in [-0.1, -0.05) is 26.2 Å². The molecule has 3 rings (SSSR count). The zero-order valence-electron chi connectivity index (χ0n) is 18.7. The van der Waals surface area contributed by atoms with E-state index in [4.69, 9.17) is 0 Å². The molecule has 3 aromatic rings. The van der Waals surface area contributed by atoms with Crippen molar-refractivity contribution in [1.29, 1.82) is 0 Å². The van der Waals surface area contributed by atoms with E-state index < -0.39 is 52.7 Å². The molecule has 0 spiro atoms. The number of ether oxygens (including phenoxy) is 1. The van der Waals surface area contributed by atoms with E-state index in [2.05, 4.69) is 4.74 Å². The van der Waals surface area contributed by atoms with Gasteiger partial charge in [0.1, 0.15) is 5.75 Å². The molecule has 1 heterocycles. The summed E-state index contributed by atoms with van der Waals surface area (Å²) in [6.07, 6.45) is -2.84. The number of phenols is 1. The minimum atomic E-state index is -4.94. The van der Waals surface area contributed by atoms with Crippen LogP contribution in [0.4, 0.5) is 22.0 Å². The Labute approximate surface area is 196 Å². The molecule has 0 saturated carbocycles. The zero-order chi connectivity index (χ0) is 26.1. The molecule has 0 aliphatic rings. The Bertz CT molecular complexity index is 1260. The third kappa shape index (κ3) is 5.23. The van der Waals surface area contributed by atoms with E-state index in [1.165, 1.54) is 6.92 Å². The van der Waals surface area contributed by atoms with Gasteiger partial charge in [-0.3, -0.25) is 14.2 Å². The van der Waals surface area contributed by atoms with E-state index in [0.29, 0.717) is 18.9 Å². The number of hydrogen-bond donors (Lipinski definition) is 2. The normalized spacial score (nSPS) is 12.7. The standard InChI is InChI=1S/C24H22F5NO5/c1-3-4-5-6-15(23(33)34)18-12(2)30(17-11-16(25)21(31)20(26)19(17)18)22(32)13-7-9-14(10-8-13)35-24(27,28)29/h7-11,15,31H,3-6H2,1-2H3,(H,33,34). The number of fused-ring (bicyclic) bond motifs is 1. The lowest BCUT2D eigenvalue weighted by Crippen LogP contribution is -2.18. The number of aromatic hydroxyl groups is 1. The van der Waals surface area contributed by atoms with Crippen molar-refractivity contribution in [2.24, 2.45) is 0 Å². The number of carboxylic acids is 1. The van der Waals surface area contributed by atoms with Crippen LogP contribution < -0.4 is 4.74 Å². The number of aliphatic carboxylic acids is 1. The van der Waals surface area contributed by atoms with Crippen LogP contribution in [0.25, 0.3) is 10.9 Å². The van der Waals surface area contributed by atoms with Gasteiger partial charge in [-0.2, -0.15) is 0 Å². The fourth-order valence-corrected chi connectivity index (χ4v) is 4.12. The third-order valence-corrected chi connectivity index (χ3v) is 5.69. The largest absolute Gasteiger partial charge is 0.573 e. The van der Waals surface area contributed by atoms with Crippen LogP contribution in [-0.2, 0) is 4.79 Å². The molecule has 11 heteroatoms. The summed E-state index contributed by atoms with van der Waals surface area (Å²) < 4.78 is 71.3. The van der Waals surface area contributed by atoms with Gasteiger partial charge in [0.25, 0.3) is 5.91 Å². The van der Waals surface area contributed by atoms with Crippen molar-refractivity contribution < 1.29 is 46.5 Å². The average molecular weight is 499 g/mol. The molecule has 35 heavy (non-hydrogen) atoms. The topological polar surface area (TPSA) is 88.8 Å². The predicted molar refractivity (Wildman–Crippen MR) is 116 cm³/mol. The van der Waals surface area contributed by atoms with E-state index in [1.807, 2.05) is 6.92 Å². The van der Waals surface area contributed by atoms with Crippen LogP contribution in [0.3, 0.4) is 0 Å². The van der Waals surface area contributed by atoms with Crippen LogP contribution in [0.2, 0.25) is 0 Å². The third-order valence-electron chi connectivity index (χ3n) is 5.69. The van der Waals surface area contributed by atoms with Crippen molar-refractivity contribution in [1.82, 2.24) is 4.57 Å². The van der Waals surface area contributed by atoms with Gasteiger partial charge in [-0.05, 0) is 43.2 Å². The molecule has 0 aliphatic carbocycles. The second kappa shape index (κ2) is 9.93. The van der Waals surface area contributed by atoms with Crippen LogP contribution in [-0.4, -0.2) is 33.0 Å². The first kappa shape index (κ1) is 26.0. The van der Waals surface area contributed by atoms with Gasteiger partial charge in [0.2, 0.25) is 0 Å². The summed E-state index contributed by atoms with van der Waals surface area (Å²) in [5.41, 5.74) is -0.527. The van der Waals surface area contributed by atoms with Crippen LogP contribution in [0.1, 0.15) is 60.1 Å². The quantitative estimate of drug-likeness (QED) is 0.282. The molecule has 2 N–H and O–H groups in total. The highest BCUT2D eigenvalue weighted by molar-refractivity contribution is 6.05. The molecule has 0 amide bonds. The molecule has 0 fully saturated rings. The maximum absolute atomic E-state index is 15.1. The maximum Gasteiger partial charge on any atom is 0.573 e. The zero-order valence-corrected chi connectivity index (χ0v) is 18.7. The number of unbranched alkanes of at least 4 members (excludes halogenated alkanes) is 2. The van der Waals surface area contributed by atoms with Gasteiger partial charge < -0.3 is 14.9 Å². The number of hydrogen-bond acceptors (Lipinski definition) is 4. The van der Waals surface area contributed by atoms with Crippen molar-refractivity contribution in [3.05, 3.63) is 58.8 Å². The second-order valence-electron chi connectivity index (χ2n) is 8.01. The summed E-state index contributed by atoms with van der Waals surface area (Å²) in [7, 11) is 0. The second-order valence-corrected chi connectivity index (χ2v) is 8.01. The number of alkyl halides is 3. The number of carboxylic acid groups (broad SMARTS) is 1. The molecule has 2 aromatic carbocycles. The van der Waals surface area contributed by atoms with Crippen molar-refractivity contribution in [2.75, 3.05) is 0 Å². The van der Waals surface area contributed by atoms with E-state index in [-0.39, 0.29) is 28.8 Å². The van der Waals surface area contributed by atoms with Crippen LogP contribution in [0.15, 0.2) is 30.3 Å². The van der Waals surface area contributed by atoms with Gasteiger partial charge in [-0.15, -0.1) is 13.2 Å². The van der Waals surface area contributed by atoms with Crippen molar-refractivity contribution in [3.8, 4) is 11.5 Å². The Kier molecular flexibility index (Phi) is 7.37. The highest BCUT2D eigenvalue weighted by atomic mass is 19.4. The monoisotopic (exact) mass is 499 g/mol. The lowest BCUT2D eigenvalue weighted by Gasteiger charge is -2.14. The maximum atomic E-state index is 15.1. The van der Waals surface area contributed by atoms with Crippen molar-refractivity contribution in [2.45, 2.75) is 51.8 Å². The molecule has 0 bridgehead atoms. The minimum absolute atomic E-state index is 0.00779. The first-order valence-electron chi connectivity index (χ1n) is 10.7. The Morgan fingerprint density at radius 3 is 2.29 bits per heavy atom. The number of rotatable bonds is 8. The molecule has 1 aromatic heterocycles. The van der Waals surface area contributed by atoms with Crippen molar-refractivity contribution in [3.63, 3.8) is 0 Å². The number of carbonyl (C=O) groups excluding carboxylic acids is 1. The molecule has 1 atom stereocenters. The number of halogens is 5. The molecule has 0 aliphatic heterocycles. The van der Waals surface area contributed by atoms with E-state index >= 15 is 4.39 Å². The first-order valence-corrected chi connectivity index (χ1v) is 10.7. The average Bonchev–Trinajstić information content (AvgIpc) is 3.05. The van der Waals surface area contributed by atoms with Crippen molar-refractivity contribution >= 4 is 22.8 Å². The molecule has 0 radical (unpaired) electrons. The van der Waals surface area contributed by atoms with E-state index in [0.717, 1.165) is 35.3 Å².